The predicted molar refractivity (Wildman–Crippen MR) is 99.5 cm³/mol. The lowest BCUT2D eigenvalue weighted by molar-refractivity contribution is 0.0988. The molecule has 0 saturated heterocycles. The van der Waals surface area contributed by atoms with Gasteiger partial charge in [-0.1, -0.05) is 19.6 Å². The fraction of sp³-hybridized carbons (Fsp3) is 0.353. The highest BCUT2D eigenvalue weighted by Gasteiger charge is 2.17. The van der Waals surface area contributed by atoms with E-state index in [0.717, 1.165) is 16.9 Å². The zero-order valence-electron chi connectivity index (χ0n) is 14.7. The summed E-state index contributed by atoms with van der Waals surface area (Å²) in [6.45, 7) is 7.81. The largest absolute Gasteiger partial charge is 0.375 e. The van der Waals surface area contributed by atoms with E-state index in [2.05, 4.69) is 34.7 Å². The van der Waals surface area contributed by atoms with Crippen molar-refractivity contribution in [1.82, 2.24) is 19.7 Å². The topological polar surface area (TPSA) is 98.8 Å². The Morgan fingerprint density at radius 1 is 1.40 bits per heavy atom. The van der Waals surface area contributed by atoms with Crippen molar-refractivity contribution in [2.75, 3.05) is 6.61 Å². The Morgan fingerprint density at radius 3 is 2.92 bits per heavy atom. The second-order valence-electron chi connectivity index (χ2n) is 7.27. The zero-order valence-corrected chi connectivity index (χ0v) is 15.7. The molecule has 3 N–H and O–H groups in total. The van der Waals surface area contributed by atoms with E-state index in [1.807, 2.05) is 18.3 Å². The van der Waals surface area contributed by atoms with Gasteiger partial charge in [0, 0.05) is 44.7 Å². The highest BCUT2D eigenvalue weighted by Crippen LogP contribution is 2.17. The summed E-state index contributed by atoms with van der Waals surface area (Å²) >= 11 is 0. The molecule has 0 aliphatic rings. The smallest absolute Gasteiger partial charge is 0.252 e. The molecule has 25 heavy (non-hydrogen) atoms. The molecule has 3 rings (SSSR count). The first-order valence-electron chi connectivity index (χ1n) is 8.23. The summed E-state index contributed by atoms with van der Waals surface area (Å²) in [6, 6.07) is 4.88. The maximum Gasteiger partial charge on any atom is 0.252 e. The van der Waals surface area contributed by atoms with Crippen LogP contribution in [0.1, 0.15) is 16.1 Å². The lowest BCUT2D eigenvalue weighted by Crippen LogP contribution is -2.21. The number of nitrogens with zero attached hydrogens (tertiary/aromatic N) is 3. The first-order chi connectivity index (χ1) is 11.8. The number of aromatic amines is 1. The molecule has 0 aromatic carbocycles. The molecule has 0 unspecified atom stereocenters. The van der Waals surface area contributed by atoms with E-state index in [9.17, 15) is 4.79 Å². The van der Waals surface area contributed by atoms with Gasteiger partial charge in [0.05, 0.1) is 17.7 Å². The van der Waals surface area contributed by atoms with Crippen molar-refractivity contribution in [3.05, 3.63) is 42.0 Å². The number of aromatic nitrogens is 4. The fourth-order valence-electron chi connectivity index (χ4n) is 2.45. The number of H-pyrrole nitrogens is 1. The summed E-state index contributed by atoms with van der Waals surface area (Å²) in [5, 5.41) is 5.47. The number of ether oxygens (including phenoxy) is 1. The van der Waals surface area contributed by atoms with Gasteiger partial charge in [0.25, 0.3) is 5.91 Å². The maximum absolute atomic E-state index is 11.7. The van der Waals surface area contributed by atoms with Crippen LogP contribution in [0.4, 0.5) is 0 Å². The van der Waals surface area contributed by atoms with Crippen molar-refractivity contribution in [3.63, 3.8) is 0 Å². The molecule has 0 atom stereocenters. The molecule has 0 aliphatic carbocycles. The van der Waals surface area contributed by atoms with Crippen LogP contribution in [0.3, 0.4) is 0 Å². The number of nitrogens with two attached hydrogens (primary N) is 1. The summed E-state index contributed by atoms with van der Waals surface area (Å²) in [4.78, 5) is 19.2. The quantitative estimate of drug-likeness (QED) is 0.501. The van der Waals surface area contributed by atoms with Gasteiger partial charge in [-0.15, -0.1) is 0 Å². The van der Waals surface area contributed by atoms with Crippen LogP contribution in [0.15, 0.2) is 30.7 Å². The summed E-state index contributed by atoms with van der Waals surface area (Å²) in [7, 11) is -1.15. The van der Waals surface area contributed by atoms with Gasteiger partial charge >= 0.3 is 0 Å². The Kier molecular flexibility index (Phi) is 4.73. The molecule has 8 heteroatoms. The van der Waals surface area contributed by atoms with Gasteiger partial charge in [0.1, 0.15) is 5.69 Å². The minimum atomic E-state index is -1.15. The average Bonchev–Trinajstić information content (AvgIpc) is 3.16. The van der Waals surface area contributed by atoms with Gasteiger partial charge in [-0.25, -0.2) is 9.67 Å². The molecule has 0 spiro atoms. The number of fused-ring (bicyclic) bond motifs is 1. The van der Waals surface area contributed by atoms with E-state index < -0.39 is 14.0 Å². The van der Waals surface area contributed by atoms with Crippen molar-refractivity contribution in [2.45, 2.75) is 32.3 Å². The number of amides is 1. The summed E-state index contributed by atoms with van der Waals surface area (Å²) in [6.07, 6.45) is 5.22. The Labute approximate surface area is 147 Å². The van der Waals surface area contributed by atoms with Crippen molar-refractivity contribution in [2.24, 2.45) is 5.73 Å². The molecule has 0 aliphatic heterocycles. The van der Waals surface area contributed by atoms with Crippen molar-refractivity contribution in [3.8, 4) is 5.82 Å². The molecule has 3 heterocycles. The Morgan fingerprint density at radius 2 is 2.20 bits per heavy atom. The Hall–Kier alpha value is -2.45. The SMILES string of the molecule is C[Si](C)(C)CCOCc1nn(-c2cc3[nH]ccc3cn2)cc1C(N)=O. The number of carbonyl (C=O) groups excluding carboxylic acids is 1. The molecule has 3 aromatic rings. The van der Waals surface area contributed by atoms with E-state index in [0.29, 0.717) is 23.7 Å². The second-order valence-corrected chi connectivity index (χ2v) is 12.9. The number of carbonyl (C=O) groups is 1. The van der Waals surface area contributed by atoms with Gasteiger partial charge in [-0.05, 0) is 12.1 Å². The second kappa shape index (κ2) is 6.81. The molecule has 0 radical (unpaired) electrons. The maximum atomic E-state index is 11.7. The normalized spacial score (nSPS) is 12.0. The molecular formula is C17H23N5O2Si. The van der Waals surface area contributed by atoms with E-state index in [1.54, 1.807) is 17.1 Å². The van der Waals surface area contributed by atoms with E-state index in [-0.39, 0.29) is 6.61 Å². The monoisotopic (exact) mass is 357 g/mol. The van der Waals surface area contributed by atoms with Crippen LogP contribution in [0.2, 0.25) is 25.7 Å². The van der Waals surface area contributed by atoms with E-state index in [4.69, 9.17) is 10.5 Å². The number of rotatable bonds is 7. The highest BCUT2D eigenvalue weighted by molar-refractivity contribution is 6.76. The number of nitrogens with one attached hydrogen (secondary N) is 1. The van der Waals surface area contributed by atoms with Gasteiger partial charge in [0.15, 0.2) is 5.82 Å². The third-order valence-corrected chi connectivity index (χ3v) is 5.65. The molecule has 1 amide bonds. The van der Waals surface area contributed by atoms with Gasteiger partial charge in [-0.3, -0.25) is 4.79 Å². The average molecular weight is 357 g/mol. The number of primary amides is 1. The van der Waals surface area contributed by atoms with E-state index in [1.165, 1.54) is 0 Å². The van der Waals surface area contributed by atoms with Crippen LogP contribution in [-0.4, -0.2) is 40.3 Å². The first-order valence-corrected chi connectivity index (χ1v) is 11.9. The van der Waals surface area contributed by atoms with Crippen molar-refractivity contribution >= 4 is 24.9 Å². The summed E-state index contributed by atoms with van der Waals surface area (Å²) in [5.74, 6) is 0.0989. The Balaban J connectivity index is 1.80. The molecule has 7 nitrogen and oxygen atoms in total. The van der Waals surface area contributed by atoms with Crippen LogP contribution in [-0.2, 0) is 11.3 Å². The third kappa shape index (κ3) is 4.15. The molecular weight excluding hydrogens is 334 g/mol. The first kappa shape index (κ1) is 17.4. The molecule has 0 bridgehead atoms. The molecule has 132 valence electrons. The highest BCUT2D eigenvalue weighted by atomic mass is 28.3. The van der Waals surface area contributed by atoms with Crippen LogP contribution in [0.25, 0.3) is 16.7 Å². The van der Waals surface area contributed by atoms with Gasteiger partial charge in [-0.2, -0.15) is 5.10 Å². The van der Waals surface area contributed by atoms with Crippen LogP contribution in [0.5, 0.6) is 0 Å². The van der Waals surface area contributed by atoms with Crippen molar-refractivity contribution in [1.29, 1.82) is 0 Å². The fourth-order valence-corrected chi connectivity index (χ4v) is 3.20. The third-order valence-electron chi connectivity index (χ3n) is 3.95. The lowest BCUT2D eigenvalue weighted by atomic mass is 10.2. The Bertz CT molecular complexity index is 894. The van der Waals surface area contributed by atoms with Crippen LogP contribution < -0.4 is 5.73 Å². The van der Waals surface area contributed by atoms with E-state index >= 15 is 0 Å². The van der Waals surface area contributed by atoms with Gasteiger partial charge < -0.3 is 15.5 Å². The van der Waals surface area contributed by atoms with Gasteiger partial charge in [0.2, 0.25) is 0 Å². The van der Waals surface area contributed by atoms with Crippen LogP contribution >= 0.6 is 0 Å². The minimum absolute atomic E-state index is 0.264. The number of hydrogen-bond acceptors (Lipinski definition) is 4. The summed E-state index contributed by atoms with van der Waals surface area (Å²) < 4.78 is 7.29. The number of hydrogen-bond donors (Lipinski definition) is 2. The minimum Gasteiger partial charge on any atom is -0.375 e. The van der Waals surface area contributed by atoms with Crippen LogP contribution in [0, 0.1) is 0 Å². The predicted octanol–water partition coefficient (Wildman–Crippen LogP) is 2.70. The molecule has 0 fully saturated rings. The standard InChI is InChI=1S/C17H23N5O2Si/c1-25(2,3)7-6-24-11-15-13(17(18)23)10-22(21-15)16-8-14-12(9-20-16)4-5-19-14/h4-5,8-10,19H,6-7,11H2,1-3H3,(H2,18,23). The van der Waals surface area contributed by atoms with Crippen molar-refractivity contribution < 1.29 is 9.53 Å². The molecule has 3 aromatic heterocycles. The molecule has 0 saturated carbocycles. The zero-order chi connectivity index (χ0) is 18.0. The number of pyridine rings is 1. The summed E-state index contributed by atoms with van der Waals surface area (Å²) in [5.41, 5.74) is 7.34. The lowest BCUT2D eigenvalue weighted by Gasteiger charge is -2.15.